The second kappa shape index (κ2) is 7.53. The van der Waals surface area contributed by atoms with Gasteiger partial charge in [-0.2, -0.15) is 0 Å². The van der Waals surface area contributed by atoms with E-state index >= 15 is 0 Å². The average Bonchev–Trinajstić information content (AvgIpc) is 2.36. The van der Waals surface area contributed by atoms with E-state index in [0.29, 0.717) is 11.6 Å². The highest BCUT2D eigenvalue weighted by Gasteiger charge is 2.17. The van der Waals surface area contributed by atoms with E-state index in [9.17, 15) is 4.79 Å². The quantitative estimate of drug-likeness (QED) is 0.737. The van der Waals surface area contributed by atoms with E-state index < -0.39 is 0 Å². The van der Waals surface area contributed by atoms with E-state index in [-0.39, 0.29) is 18.5 Å². The molecule has 0 aliphatic heterocycles. The van der Waals surface area contributed by atoms with Gasteiger partial charge in [0.05, 0.1) is 19.1 Å². The standard InChI is InChI=1S/C16H23ClO3/c1-6-7-19-14-8-11(4)16(17)12(5)13(14)9-15(18)20-10(2)3/h8,10H,6-7,9H2,1-5H3. The maximum atomic E-state index is 11.9. The molecule has 1 aromatic rings. The Morgan fingerprint density at radius 1 is 1.35 bits per heavy atom. The summed E-state index contributed by atoms with van der Waals surface area (Å²) in [7, 11) is 0. The number of carbonyl (C=O) groups excluding carboxylic acids is 1. The molecule has 0 amide bonds. The Hall–Kier alpha value is -1.22. The third kappa shape index (κ3) is 4.41. The molecule has 0 fully saturated rings. The van der Waals surface area contributed by atoms with Crippen molar-refractivity contribution in [3.05, 3.63) is 27.8 Å². The minimum Gasteiger partial charge on any atom is -0.493 e. The topological polar surface area (TPSA) is 35.5 Å². The van der Waals surface area contributed by atoms with E-state index in [0.717, 1.165) is 28.9 Å². The third-order valence-corrected chi connectivity index (χ3v) is 3.50. The summed E-state index contributed by atoms with van der Waals surface area (Å²) < 4.78 is 10.9. The summed E-state index contributed by atoms with van der Waals surface area (Å²) in [5.74, 6) is 0.469. The fourth-order valence-electron chi connectivity index (χ4n) is 1.97. The normalized spacial score (nSPS) is 10.8. The molecule has 0 bridgehead atoms. The zero-order valence-electron chi connectivity index (χ0n) is 12.9. The molecular weight excluding hydrogens is 276 g/mol. The summed E-state index contributed by atoms with van der Waals surface area (Å²) in [6.07, 6.45) is 0.975. The third-order valence-electron chi connectivity index (χ3n) is 2.92. The van der Waals surface area contributed by atoms with Crippen LogP contribution in [0.4, 0.5) is 0 Å². The van der Waals surface area contributed by atoms with Crippen LogP contribution in [0.15, 0.2) is 6.07 Å². The summed E-state index contributed by atoms with van der Waals surface area (Å²) in [4.78, 5) is 11.9. The van der Waals surface area contributed by atoms with Gasteiger partial charge in [-0.25, -0.2) is 0 Å². The molecule has 0 aliphatic carbocycles. The van der Waals surface area contributed by atoms with Crippen LogP contribution in [0, 0.1) is 13.8 Å². The van der Waals surface area contributed by atoms with Gasteiger partial charge in [-0.3, -0.25) is 4.79 Å². The Balaban J connectivity index is 3.07. The second-order valence-corrected chi connectivity index (χ2v) is 5.55. The van der Waals surface area contributed by atoms with E-state index in [4.69, 9.17) is 21.1 Å². The summed E-state index contributed by atoms with van der Waals surface area (Å²) >= 11 is 6.27. The Labute approximate surface area is 126 Å². The minimum absolute atomic E-state index is 0.122. The molecule has 0 saturated carbocycles. The summed E-state index contributed by atoms with van der Waals surface area (Å²) in [6.45, 7) is 10.2. The number of carbonyl (C=O) groups is 1. The first-order valence-corrected chi connectivity index (χ1v) is 7.35. The summed E-state index contributed by atoms with van der Waals surface area (Å²) in [6, 6.07) is 1.89. The van der Waals surface area contributed by atoms with Gasteiger partial charge < -0.3 is 9.47 Å². The Morgan fingerprint density at radius 2 is 2.00 bits per heavy atom. The molecule has 1 aromatic carbocycles. The van der Waals surface area contributed by atoms with E-state index in [1.54, 1.807) is 0 Å². The number of hydrogen-bond donors (Lipinski definition) is 0. The predicted molar refractivity (Wildman–Crippen MR) is 81.6 cm³/mol. The monoisotopic (exact) mass is 298 g/mol. The lowest BCUT2D eigenvalue weighted by Gasteiger charge is -2.17. The first-order chi connectivity index (χ1) is 9.36. The molecule has 0 radical (unpaired) electrons. The molecule has 3 nitrogen and oxygen atoms in total. The van der Waals surface area contributed by atoms with Crippen LogP contribution in [0.1, 0.15) is 43.9 Å². The summed E-state index contributed by atoms with van der Waals surface area (Å²) in [5.41, 5.74) is 2.66. The molecule has 4 heteroatoms. The number of hydrogen-bond acceptors (Lipinski definition) is 3. The fourth-order valence-corrected chi connectivity index (χ4v) is 2.14. The first kappa shape index (κ1) is 16.8. The highest BCUT2D eigenvalue weighted by Crippen LogP contribution is 2.32. The number of esters is 1. The lowest BCUT2D eigenvalue weighted by molar-refractivity contribution is -0.146. The molecule has 0 unspecified atom stereocenters. The van der Waals surface area contributed by atoms with Gasteiger partial charge in [-0.15, -0.1) is 0 Å². The van der Waals surface area contributed by atoms with Crippen LogP contribution < -0.4 is 4.74 Å². The number of benzene rings is 1. The van der Waals surface area contributed by atoms with E-state index in [2.05, 4.69) is 0 Å². The zero-order valence-corrected chi connectivity index (χ0v) is 13.6. The Kier molecular flexibility index (Phi) is 6.34. The number of aryl methyl sites for hydroxylation is 1. The van der Waals surface area contributed by atoms with Crippen molar-refractivity contribution in [1.29, 1.82) is 0 Å². The van der Waals surface area contributed by atoms with Crippen molar-refractivity contribution in [2.24, 2.45) is 0 Å². The SMILES string of the molecule is CCCOc1cc(C)c(Cl)c(C)c1CC(=O)OC(C)C. The minimum atomic E-state index is -0.260. The van der Waals surface area contributed by atoms with Crippen molar-refractivity contribution in [2.45, 2.75) is 53.6 Å². The number of halogens is 1. The molecule has 20 heavy (non-hydrogen) atoms. The van der Waals surface area contributed by atoms with E-state index in [1.165, 1.54) is 0 Å². The Morgan fingerprint density at radius 3 is 2.55 bits per heavy atom. The first-order valence-electron chi connectivity index (χ1n) is 6.97. The van der Waals surface area contributed by atoms with Gasteiger partial charge in [0, 0.05) is 10.6 Å². The molecule has 0 atom stereocenters. The van der Waals surface area contributed by atoms with Gasteiger partial charge in [-0.1, -0.05) is 18.5 Å². The highest BCUT2D eigenvalue weighted by molar-refractivity contribution is 6.32. The average molecular weight is 299 g/mol. The van der Waals surface area contributed by atoms with Crippen molar-refractivity contribution >= 4 is 17.6 Å². The van der Waals surface area contributed by atoms with Crippen molar-refractivity contribution in [3.8, 4) is 5.75 Å². The van der Waals surface area contributed by atoms with Crippen molar-refractivity contribution < 1.29 is 14.3 Å². The van der Waals surface area contributed by atoms with Crippen LogP contribution in [0.3, 0.4) is 0 Å². The maximum Gasteiger partial charge on any atom is 0.310 e. The van der Waals surface area contributed by atoms with Gasteiger partial charge in [0.1, 0.15) is 5.75 Å². The van der Waals surface area contributed by atoms with Gasteiger partial charge in [0.2, 0.25) is 0 Å². The predicted octanol–water partition coefficient (Wildman–Crippen LogP) is 4.24. The van der Waals surface area contributed by atoms with Crippen LogP contribution in [-0.2, 0) is 16.0 Å². The van der Waals surface area contributed by atoms with Crippen molar-refractivity contribution in [3.63, 3.8) is 0 Å². The molecule has 0 aliphatic rings. The largest absolute Gasteiger partial charge is 0.493 e. The molecule has 1 rings (SSSR count). The smallest absolute Gasteiger partial charge is 0.310 e. The maximum absolute atomic E-state index is 11.9. The van der Waals surface area contributed by atoms with Gasteiger partial charge >= 0.3 is 5.97 Å². The van der Waals surface area contributed by atoms with Gasteiger partial charge in [-0.05, 0) is 51.3 Å². The van der Waals surface area contributed by atoms with E-state index in [1.807, 2.05) is 40.7 Å². The van der Waals surface area contributed by atoms with Crippen LogP contribution >= 0.6 is 11.6 Å². The van der Waals surface area contributed by atoms with Gasteiger partial charge in [0.25, 0.3) is 0 Å². The molecule has 0 saturated heterocycles. The van der Waals surface area contributed by atoms with Crippen molar-refractivity contribution in [1.82, 2.24) is 0 Å². The lowest BCUT2D eigenvalue weighted by atomic mass is 10.0. The molecule has 0 N–H and O–H groups in total. The van der Waals surface area contributed by atoms with Crippen LogP contribution in [0.25, 0.3) is 0 Å². The van der Waals surface area contributed by atoms with Crippen LogP contribution in [-0.4, -0.2) is 18.7 Å². The number of ether oxygens (including phenoxy) is 2. The summed E-state index contributed by atoms with van der Waals surface area (Å²) in [5, 5.41) is 0.682. The lowest BCUT2D eigenvalue weighted by Crippen LogP contribution is -2.15. The van der Waals surface area contributed by atoms with Gasteiger partial charge in [0.15, 0.2) is 0 Å². The molecule has 0 spiro atoms. The molecule has 0 heterocycles. The zero-order chi connectivity index (χ0) is 15.3. The Bertz CT molecular complexity index is 481. The second-order valence-electron chi connectivity index (χ2n) is 5.17. The molecule has 0 aromatic heterocycles. The van der Waals surface area contributed by atoms with Crippen LogP contribution in [0.2, 0.25) is 5.02 Å². The molecular formula is C16H23ClO3. The fraction of sp³-hybridized carbons (Fsp3) is 0.562. The van der Waals surface area contributed by atoms with Crippen LogP contribution in [0.5, 0.6) is 5.75 Å². The highest BCUT2D eigenvalue weighted by atomic mass is 35.5. The number of rotatable bonds is 6. The molecule has 112 valence electrons. The van der Waals surface area contributed by atoms with Crippen molar-refractivity contribution in [2.75, 3.05) is 6.61 Å².